The van der Waals surface area contributed by atoms with Gasteiger partial charge in [-0.1, -0.05) is 50.2 Å². The number of carbonyl (C=O) groups excluding carboxylic acids is 1. The number of nitrogens with zero attached hydrogens (tertiary/aromatic N) is 2. The maximum Gasteiger partial charge on any atom is 0.285 e. The molecule has 0 heterocycles. The molecule has 0 radical (unpaired) electrons. The quantitative estimate of drug-likeness (QED) is 0.579. The lowest BCUT2D eigenvalue weighted by atomic mass is 10.1. The van der Waals surface area contributed by atoms with Crippen LogP contribution in [0.3, 0.4) is 0 Å². The molecule has 0 fully saturated rings. The number of hydrogen-bond donors (Lipinski definition) is 1. The Morgan fingerprint density at radius 2 is 1.73 bits per heavy atom. The highest BCUT2D eigenvalue weighted by atomic mass is 16.6. The van der Waals surface area contributed by atoms with Crippen molar-refractivity contribution in [3.05, 3.63) is 74.8 Å². The molecule has 0 saturated heterocycles. The van der Waals surface area contributed by atoms with E-state index in [0.29, 0.717) is 12.1 Å². The number of nitro benzene ring substituents is 1. The van der Waals surface area contributed by atoms with Gasteiger partial charge in [-0.3, -0.25) is 19.8 Å². The van der Waals surface area contributed by atoms with Crippen LogP contribution in [0, 0.1) is 17.0 Å². The number of aryl methyl sites for hydroxylation is 1. The van der Waals surface area contributed by atoms with Gasteiger partial charge in [-0.15, -0.1) is 0 Å². The van der Waals surface area contributed by atoms with E-state index in [2.05, 4.69) is 30.1 Å². The third-order valence-corrected chi connectivity index (χ3v) is 4.51. The fraction of sp³-hybridized carbons (Fsp3) is 0.350. The summed E-state index contributed by atoms with van der Waals surface area (Å²) in [6.07, 6.45) is 0. The Labute approximate surface area is 154 Å². The number of carbonyl (C=O) groups is 1. The average molecular weight is 355 g/mol. The summed E-state index contributed by atoms with van der Waals surface area (Å²) < 4.78 is 0. The van der Waals surface area contributed by atoms with Crippen molar-refractivity contribution in [3.63, 3.8) is 0 Å². The Kier molecular flexibility index (Phi) is 6.86. The molecular weight excluding hydrogens is 330 g/mol. The van der Waals surface area contributed by atoms with Crippen LogP contribution in [0.1, 0.15) is 40.9 Å². The molecule has 0 aliphatic rings. The van der Waals surface area contributed by atoms with E-state index >= 15 is 0 Å². The van der Waals surface area contributed by atoms with Crippen molar-refractivity contribution in [3.8, 4) is 0 Å². The van der Waals surface area contributed by atoms with Crippen LogP contribution in [0.5, 0.6) is 0 Å². The van der Waals surface area contributed by atoms with Crippen LogP contribution >= 0.6 is 0 Å². The minimum atomic E-state index is -0.501. The summed E-state index contributed by atoms with van der Waals surface area (Å²) in [5.74, 6) is -0.432. The standard InChI is InChI=1S/C20H25N3O3/c1-4-22(5-2)14-17-11-7-6-10-16(17)13-21-20(24)18-12-8-9-15(3)19(18)23(25)26/h6-12H,4-5,13-14H2,1-3H3,(H,21,24). The minimum absolute atomic E-state index is 0.0937. The fourth-order valence-corrected chi connectivity index (χ4v) is 2.93. The molecule has 0 atom stereocenters. The normalized spacial score (nSPS) is 10.8. The zero-order chi connectivity index (χ0) is 19.1. The molecule has 0 saturated carbocycles. The molecule has 2 aromatic carbocycles. The molecule has 1 amide bonds. The van der Waals surface area contributed by atoms with Crippen molar-refractivity contribution < 1.29 is 9.72 Å². The molecule has 0 unspecified atom stereocenters. The fourth-order valence-electron chi connectivity index (χ4n) is 2.93. The maximum atomic E-state index is 12.5. The molecule has 138 valence electrons. The number of nitrogens with one attached hydrogen (secondary N) is 1. The lowest BCUT2D eigenvalue weighted by Gasteiger charge is -2.20. The number of benzene rings is 2. The van der Waals surface area contributed by atoms with Gasteiger partial charge in [0.1, 0.15) is 5.56 Å². The second-order valence-corrected chi connectivity index (χ2v) is 6.14. The van der Waals surface area contributed by atoms with Crippen LogP contribution in [0.2, 0.25) is 0 Å². The monoisotopic (exact) mass is 355 g/mol. The van der Waals surface area contributed by atoms with Gasteiger partial charge >= 0.3 is 0 Å². The van der Waals surface area contributed by atoms with Crippen molar-refractivity contribution in [2.24, 2.45) is 0 Å². The van der Waals surface area contributed by atoms with Gasteiger partial charge in [-0.05, 0) is 37.2 Å². The Morgan fingerprint density at radius 1 is 1.08 bits per heavy atom. The number of para-hydroxylation sites is 1. The molecule has 0 aliphatic heterocycles. The van der Waals surface area contributed by atoms with Gasteiger partial charge in [0.15, 0.2) is 0 Å². The van der Waals surface area contributed by atoms with Gasteiger partial charge in [0.25, 0.3) is 11.6 Å². The topological polar surface area (TPSA) is 75.5 Å². The third kappa shape index (κ3) is 4.67. The summed E-state index contributed by atoms with van der Waals surface area (Å²) in [5, 5.41) is 14.1. The third-order valence-electron chi connectivity index (χ3n) is 4.51. The summed E-state index contributed by atoms with van der Waals surface area (Å²) in [6, 6.07) is 12.7. The summed E-state index contributed by atoms with van der Waals surface area (Å²) in [7, 11) is 0. The van der Waals surface area contributed by atoms with E-state index in [1.807, 2.05) is 18.2 Å². The molecule has 0 bridgehead atoms. The van der Waals surface area contributed by atoms with E-state index in [9.17, 15) is 14.9 Å². The van der Waals surface area contributed by atoms with E-state index in [-0.39, 0.29) is 11.3 Å². The number of hydrogen-bond acceptors (Lipinski definition) is 4. The van der Waals surface area contributed by atoms with Crippen molar-refractivity contribution in [1.29, 1.82) is 0 Å². The Balaban J connectivity index is 2.16. The number of amides is 1. The van der Waals surface area contributed by atoms with E-state index in [4.69, 9.17) is 0 Å². The first kappa shape index (κ1) is 19.6. The zero-order valence-electron chi connectivity index (χ0n) is 15.5. The Bertz CT molecular complexity index is 786. The molecule has 26 heavy (non-hydrogen) atoms. The number of nitro groups is 1. The maximum absolute atomic E-state index is 12.5. The predicted molar refractivity (Wildman–Crippen MR) is 102 cm³/mol. The van der Waals surface area contributed by atoms with E-state index in [0.717, 1.165) is 30.8 Å². The van der Waals surface area contributed by atoms with E-state index in [1.165, 1.54) is 6.07 Å². The van der Waals surface area contributed by atoms with Crippen LogP contribution in [0.4, 0.5) is 5.69 Å². The zero-order valence-corrected chi connectivity index (χ0v) is 15.5. The van der Waals surface area contributed by atoms with Crippen molar-refractivity contribution >= 4 is 11.6 Å². The lowest BCUT2D eigenvalue weighted by Crippen LogP contribution is -2.26. The molecule has 1 N–H and O–H groups in total. The summed E-state index contributed by atoms with van der Waals surface area (Å²) in [5.41, 5.74) is 2.60. The smallest absolute Gasteiger partial charge is 0.285 e. The van der Waals surface area contributed by atoms with E-state index in [1.54, 1.807) is 19.1 Å². The van der Waals surface area contributed by atoms with Crippen LogP contribution in [0.25, 0.3) is 0 Å². The minimum Gasteiger partial charge on any atom is -0.348 e. The lowest BCUT2D eigenvalue weighted by molar-refractivity contribution is -0.385. The molecular formula is C20H25N3O3. The molecule has 0 aromatic heterocycles. The first-order valence-corrected chi connectivity index (χ1v) is 8.79. The molecule has 6 heteroatoms. The molecule has 0 aliphatic carbocycles. The largest absolute Gasteiger partial charge is 0.348 e. The van der Waals surface area contributed by atoms with Crippen LogP contribution < -0.4 is 5.32 Å². The van der Waals surface area contributed by atoms with Gasteiger partial charge < -0.3 is 5.32 Å². The highest BCUT2D eigenvalue weighted by Gasteiger charge is 2.22. The SMILES string of the molecule is CCN(CC)Cc1ccccc1CNC(=O)c1cccc(C)c1[N+](=O)[O-]. The second-order valence-electron chi connectivity index (χ2n) is 6.14. The summed E-state index contributed by atoms with van der Waals surface area (Å²) >= 11 is 0. The van der Waals surface area contributed by atoms with Crippen molar-refractivity contribution in [2.45, 2.75) is 33.9 Å². The van der Waals surface area contributed by atoms with Crippen LogP contribution in [0.15, 0.2) is 42.5 Å². The Hall–Kier alpha value is -2.73. The molecule has 0 spiro atoms. The Morgan fingerprint density at radius 3 is 2.35 bits per heavy atom. The highest BCUT2D eigenvalue weighted by Crippen LogP contribution is 2.23. The van der Waals surface area contributed by atoms with Crippen molar-refractivity contribution in [2.75, 3.05) is 13.1 Å². The van der Waals surface area contributed by atoms with Gasteiger partial charge in [0.2, 0.25) is 0 Å². The summed E-state index contributed by atoms with van der Waals surface area (Å²) in [6.45, 7) is 8.91. The van der Waals surface area contributed by atoms with Crippen molar-refractivity contribution in [1.82, 2.24) is 10.2 Å². The van der Waals surface area contributed by atoms with Gasteiger partial charge in [0.05, 0.1) is 4.92 Å². The first-order valence-electron chi connectivity index (χ1n) is 8.79. The van der Waals surface area contributed by atoms with Gasteiger partial charge in [-0.25, -0.2) is 0 Å². The molecule has 2 rings (SSSR count). The number of rotatable bonds is 8. The van der Waals surface area contributed by atoms with Crippen LogP contribution in [-0.4, -0.2) is 28.8 Å². The predicted octanol–water partition coefficient (Wildman–Crippen LogP) is 3.68. The molecule has 2 aromatic rings. The average Bonchev–Trinajstić information content (AvgIpc) is 2.64. The second kappa shape index (κ2) is 9.10. The van der Waals surface area contributed by atoms with Gasteiger partial charge in [0, 0.05) is 18.7 Å². The van der Waals surface area contributed by atoms with Crippen LogP contribution in [-0.2, 0) is 13.1 Å². The first-order chi connectivity index (χ1) is 12.5. The highest BCUT2D eigenvalue weighted by molar-refractivity contribution is 5.98. The summed E-state index contributed by atoms with van der Waals surface area (Å²) in [4.78, 5) is 25.6. The molecule has 6 nitrogen and oxygen atoms in total. The van der Waals surface area contributed by atoms with Gasteiger partial charge in [-0.2, -0.15) is 0 Å². The van der Waals surface area contributed by atoms with E-state index < -0.39 is 10.8 Å².